The zero-order chi connectivity index (χ0) is 16.2. The van der Waals surface area contributed by atoms with Crippen molar-refractivity contribution in [3.05, 3.63) is 29.8 Å². The Morgan fingerprint density at radius 2 is 2.04 bits per heavy atom. The van der Waals surface area contributed by atoms with E-state index >= 15 is 0 Å². The zero-order valence-corrected chi connectivity index (χ0v) is 12.8. The van der Waals surface area contributed by atoms with Crippen LogP contribution in [0.15, 0.2) is 24.3 Å². The van der Waals surface area contributed by atoms with Crippen molar-refractivity contribution in [2.75, 3.05) is 31.5 Å². The molecule has 2 aliphatic rings. The summed E-state index contributed by atoms with van der Waals surface area (Å²) in [4.78, 5) is 37.2. The van der Waals surface area contributed by atoms with Gasteiger partial charge in [-0.1, -0.05) is 12.1 Å². The first-order valence-electron chi connectivity index (χ1n) is 7.82. The average Bonchev–Trinajstić information content (AvgIpc) is 3.36. The maximum atomic E-state index is 12.2. The molecule has 0 atom stereocenters. The summed E-state index contributed by atoms with van der Waals surface area (Å²) in [5.41, 5.74) is 1.16. The zero-order valence-electron chi connectivity index (χ0n) is 12.8. The van der Waals surface area contributed by atoms with E-state index < -0.39 is 0 Å². The topological polar surface area (TPSA) is 90.5 Å². The lowest BCUT2D eigenvalue weighted by atomic mass is 10.1. The van der Waals surface area contributed by atoms with Gasteiger partial charge >= 0.3 is 0 Å². The van der Waals surface area contributed by atoms with Crippen LogP contribution < -0.4 is 16.0 Å². The molecule has 1 aromatic rings. The first-order valence-corrected chi connectivity index (χ1v) is 7.82. The first kappa shape index (κ1) is 15.3. The molecule has 7 heteroatoms. The number of nitrogens with zero attached hydrogens (tertiary/aromatic N) is 1. The van der Waals surface area contributed by atoms with E-state index in [9.17, 15) is 14.4 Å². The predicted molar refractivity (Wildman–Crippen MR) is 85.0 cm³/mol. The summed E-state index contributed by atoms with van der Waals surface area (Å²) in [7, 11) is 0. The molecule has 0 aromatic heterocycles. The monoisotopic (exact) mass is 316 g/mol. The van der Waals surface area contributed by atoms with Crippen LogP contribution in [0.5, 0.6) is 0 Å². The highest BCUT2D eigenvalue weighted by Crippen LogP contribution is 2.21. The molecule has 3 rings (SSSR count). The molecule has 1 aromatic carbocycles. The molecule has 1 heterocycles. The molecule has 1 aliphatic heterocycles. The summed E-state index contributed by atoms with van der Waals surface area (Å²) in [6.45, 7) is 1.13. The molecule has 7 nitrogen and oxygen atoms in total. The van der Waals surface area contributed by atoms with Gasteiger partial charge in [0.1, 0.15) is 0 Å². The van der Waals surface area contributed by atoms with Crippen LogP contribution in [0.2, 0.25) is 0 Å². The summed E-state index contributed by atoms with van der Waals surface area (Å²) in [6.07, 6.45) is 2.05. The predicted octanol–water partition coefficient (Wildman–Crippen LogP) is -0.0509. The smallest absolute Gasteiger partial charge is 0.253 e. The van der Waals surface area contributed by atoms with E-state index in [1.807, 2.05) is 6.07 Å². The Balaban J connectivity index is 1.60. The summed E-state index contributed by atoms with van der Waals surface area (Å²) in [5, 5.41) is 8.64. The summed E-state index contributed by atoms with van der Waals surface area (Å²) >= 11 is 0. The van der Waals surface area contributed by atoms with E-state index in [1.54, 1.807) is 18.2 Å². The molecule has 0 spiro atoms. The normalized spacial score (nSPS) is 17.4. The van der Waals surface area contributed by atoms with Crippen molar-refractivity contribution in [1.29, 1.82) is 0 Å². The quantitative estimate of drug-likeness (QED) is 0.710. The van der Waals surface area contributed by atoms with Crippen LogP contribution in [-0.4, -0.2) is 54.8 Å². The second-order valence-electron chi connectivity index (χ2n) is 5.81. The highest BCUT2D eigenvalue weighted by Gasteiger charge is 2.25. The van der Waals surface area contributed by atoms with E-state index in [-0.39, 0.29) is 36.9 Å². The Morgan fingerprint density at radius 3 is 2.78 bits per heavy atom. The van der Waals surface area contributed by atoms with Crippen LogP contribution >= 0.6 is 0 Å². The van der Waals surface area contributed by atoms with Crippen molar-refractivity contribution in [3.63, 3.8) is 0 Å². The van der Waals surface area contributed by atoms with Gasteiger partial charge in [0.2, 0.25) is 11.8 Å². The van der Waals surface area contributed by atoms with Crippen LogP contribution in [0.4, 0.5) is 5.69 Å². The molecule has 122 valence electrons. The molecule has 1 aliphatic carbocycles. The van der Waals surface area contributed by atoms with Gasteiger partial charge in [-0.2, -0.15) is 0 Å². The van der Waals surface area contributed by atoms with Gasteiger partial charge in [-0.05, 0) is 25.0 Å². The van der Waals surface area contributed by atoms with Gasteiger partial charge in [-0.3, -0.25) is 14.4 Å². The Hall–Kier alpha value is -2.57. The molecule has 0 bridgehead atoms. The standard InChI is InChI=1S/C16H20N4O3/c21-14-10-20(8-7-17-14)15(22)9-18-13-4-2-1-3-12(13)16(23)19-11-5-6-11/h1-4,11,18H,5-10H2,(H,17,21)(H,19,23). The van der Waals surface area contributed by atoms with Crippen molar-refractivity contribution < 1.29 is 14.4 Å². The van der Waals surface area contributed by atoms with E-state index in [0.29, 0.717) is 24.3 Å². The number of amides is 3. The van der Waals surface area contributed by atoms with Crippen LogP contribution in [0, 0.1) is 0 Å². The van der Waals surface area contributed by atoms with E-state index in [4.69, 9.17) is 0 Å². The van der Waals surface area contributed by atoms with Crippen molar-refractivity contribution >= 4 is 23.4 Å². The number of nitrogens with one attached hydrogen (secondary N) is 3. The molecular weight excluding hydrogens is 296 g/mol. The third kappa shape index (κ3) is 4.00. The number of rotatable bonds is 5. The van der Waals surface area contributed by atoms with Crippen LogP contribution in [0.3, 0.4) is 0 Å². The number of carbonyl (C=O) groups excluding carboxylic acids is 3. The second kappa shape index (κ2) is 6.68. The molecule has 0 radical (unpaired) electrons. The van der Waals surface area contributed by atoms with Crippen LogP contribution in [0.25, 0.3) is 0 Å². The molecule has 3 amide bonds. The van der Waals surface area contributed by atoms with Gasteiger partial charge in [0.05, 0.1) is 18.7 Å². The molecule has 1 saturated heterocycles. The number of hydrogen-bond donors (Lipinski definition) is 3. The third-order valence-corrected chi connectivity index (χ3v) is 3.91. The maximum absolute atomic E-state index is 12.2. The highest BCUT2D eigenvalue weighted by molar-refractivity contribution is 6.00. The first-order chi connectivity index (χ1) is 11.1. The van der Waals surface area contributed by atoms with Gasteiger partial charge < -0.3 is 20.9 Å². The summed E-state index contributed by atoms with van der Waals surface area (Å²) in [5.74, 6) is -0.425. The molecule has 0 unspecified atom stereocenters. The summed E-state index contributed by atoms with van der Waals surface area (Å²) < 4.78 is 0. The number of para-hydroxylation sites is 1. The molecule has 1 saturated carbocycles. The molecular formula is C16H20N4O3. The number of anilines is 1. The maximum Gasteiger partial charge on any atom is 0.253 e. The Morgan fingerprint density at radius 1 is 1.26 bits per heavy atom. The van der Waals surface area contributed by atoms with E-state index in [2.05, 4.69) is 16.0 Å². The van der Waals surface area contributed by atoms with Gasteiger partial charge in [0.15, 0.2) is 0 Å². The molecule has 2 fully saturated rings. The minimum Gasteiger partial charge on any atom is -0.376 e. The fourth-order valence-electron chi connectivity index (χ4n) is 2.46. The van der Waals surface area contributed by atoms with Crippen molar-refractivity contribution in [2.24, 2.45) is 0 Å². The van der Waals surface area contributed by atoms with E-state index in [0.717, 1.165) is 12.8 Å². The fourth-order valence-corrected chi connectivity index (χ4v) is 2.46. The Bertz CT molecular complexity index is 628. The third-order valence-electron chi connectivity index (χ3n) is 3.91. The molecule has 3 N–H and O–H groups in total. The minimum atomic E-state index is -0.155. The largest absolute Gasteiger partial charge is 0.376 e. The average molecular weight is 316 g/mol. The van der Waals surface area contributed by atoms with Crippen LogP contribution in [0.1, 0.15) is 23.2 Å². The van der Waals surface area contributed by atoms with Gasteiger partial charge in [0.25, 0.3) is 5.91 Å². The van der Waals surface area contributed by atoms with Crippen molar-refractivity contribution in [2.45, 2.75) is 18.9 Å². The fraction of sp³-hybridized carbons (Fsp3) is 0.438. The number of piperazine rings is 1. The Kier molecular flexibility index (Phi) is 4.45. The van der Waals surface area contributed by atoms with Gasteiger partial charge in [-0.25, -0.2) is 0 Å². The lowest BCUT2D eigenvalue weighted by molar-refractivity contribution is -0.136. The highest BCUT2D eigenvalue weighted by atomic mass is 16.2. The van der Waals surface area contributed by atoms with Gasteiger partial charge in [0, 0.05) is 24.8 Å². The lowest BCUT2D eigenvalue weighted by Gasteiger charge is -2.27. The summed E-state index contributed by atoms with van der Waals surface area (Å²) in [6, 6.07) is 7.40. The van der Waals surface area contributed by atoms with Crippen molar-refractivity contribution in [1.82, 2.24) is 15.5 Å². The number of hydrogen-bond acceptors (Lipinski definition) is 4. The minimum absolute atomic E-state index is 0.0565. The van der Waals surface area contributed by atoms with E-state index in [1.165, 1.54) is 4.90 Å². The number of carbonyl (C=O) groups is 3. The SMILES string of the molecule is O=C1CN(C(=O)CNc2ccccc2C(=O)NC2CC2)CCN1. The second-order valence-corrected chi connectivity index (χ2v) is 5.81. The van der Waals surface area contributed by atoms with Gasteiger partial charge in [-0.15, -0.1) is 0 Å². The lowest BCUT2D eigenvalue weighted by Crippen LogP contribution is -2.51. The number of benzene rings is 1. The Labute approximate surface area is 134 Å². The van der Waals surface area contributed by atoms with Crippen LogP contribution in [-0.2, 0) is 9.59 Å². The van der Waals surface area contributed by atoms with Crippen molar-refractivity contribution in [3.8, 4) is 0 Å². The molecule has 23 heavy (non-hydrogen) atoms.